The summed E-state index contributed by atoms with van der Waals surface area (Å²) in [6.45, 7) is 0.890. The number of benzene rings is 3. The average Bonchev–Trinajstić information content (AvgIpc) is 2.65. The largest absolute Gasteiger partial charge is 0.465 e. The molecule has 0 atom stereocenters. The van der Waals surface area contributed by atoms with Crippen LogP contribution in [-0.2, 0) is 13.1 Å². The van der Waals surface area contributed by atoms with E-state index in [4.69, 9.17) is 5.11 Å². The number of carbonyl (C=O) groups is 1. The molecule has 4 nitrogen and oxygen atoms in total. The predicted molar refractivity (Wildman–Crippen MR) is 101 cm³/mol. The Hall–Kier alpha value is -3.41. The van der Waals surface area contributed by atoms with Crippen molar-refractivity contribution in [1.29, 1.82) is 0 Å². The fraction of sp³-hybridized carbons (Fsp3) is 0.0952. The predicted octanol–water partition coefficient (Wildman–Crippen LogP) is 5.26. The first kappa shape index (κ1) is 18.4. The van der Waals surface area contributed by atoms with Crippen molar-refractivity contribution in [2.24, 2.45) is 0 Å². The molecule has 0 fully saturated rings. The fourth-order valence-corrected chi connectivity index (χ4v) is 2.81. The third-order valence-electron chi connectivity index (χ3n) is 4.06. The monoisotopic (exact) mass is 368 g/mol. The molecule has 0 aromatic heterocycles. The van der Waals surface area contributed by atoms with Gasteiger partial charge in [-0.3, -0.25) is 5.32 Å². The lowest BCUT2D eigenvalue weighted by Gasteiger charge is -2.26. The molecule has 3 rings (SSSR count). The second kappa shape index (κ2) is 8.31. The molecule has 0 spiro atoms. The summed E-state index contributed by atoms with van der Waals surface area (Å²) < 4.78 is 28.6. The molecule has 0 saturated carbocycles. The van der Waals surface area contributed by atoms with E-state index in [1.54, 1.807) is 5.32 Å². The minimum atomic E-state index is -1.52. The molecule has 0 radical (unpaired) electrons. The van der Waals surface area contributed by atoms with Crippen LogP contribution in [0.15, 0.2) is 72.8 Å². The molecule has 0 aliphatic rings. The van der Waals surface area contributed by atoms with Crippen LogP contribution in [0, 0.1) is 11.6 Å². The third kappa shape index (κ3) is 4.82. The van der Waals surface area contributed by atoms with Gasteiger partial charge in [0, 0.05) is 18.8 Å². The van der Waals surface area contributed by atoms with Crippen LogP contribution in [0.3, 0.4) is 0 Å². The second-order valence-corrected chi connectivity index (χ2v) is 6.04. The zero-order valence-electron chi connectivity index (χ0n) is 14.4. The number of amides is 1. The summed E-state index contributed by atoms with van der Waals surface area (Å²) in [5, 5.41) is 10.5. The Kier molecular flexibility index (Phi) is 5.66. The Labute approximate surface area is 155 Å². The van der Waals surface area contributed by atoms with Crippen LogP contribution in [0.2, 0.25) is 0 Å². The zero-order valence-corrected chi connectivity index (χ0v) is 14.4. The van der Waals surface area contributed by atoms with E-state index < -0.39 is 23.4 Å². The van der Waals surface area contributed by atoms with E-state index >= 15 is 0 Å². The van der Waals surface area contributed by atoms with Crippen molar-refractivity contribution in [1.82, 2.24) is 0 Å². The van der Waals surface area contributed by atoms with Gasteiger partial charge in [-0.1, -0.05) is 60.7 Å². The molecule has 6 heteroatoms. The molecule has 3 aromatic carbocycles. The molecule has 2 N–H and O–H groups in total. The van der Waals surface area contributed by atoms with Crippen molar-refractivity contribution in [3.63, 3.8) is 0 Å². The summed E-state index contributed by atoms with van der Waals surface area (Å²) in [4.78, 5) is 12.6. The molecule has 1 amide bonds. The number of rotatable bonds is 6. The van der Waals surface area contributed by atoms with Gasteiger partial charge in [-0.25, -0.2) is 13.6 Å². The Morgan fingerprint density at radius 3 is 1.70 bits per heavy atom. The highest BCUT2D eigenvalue weighted by atomic mass is 19.1. The van der Waals surface area contributed by atoms with Crippen LogP contribution >= 0.6 is 0 Å². The highest BCUT2D eigenvalue weighted by Gasteiger charge is 2.17. The lowest BCUT2D eigenvalue weighted by atomic mass is 10.1. The van der Waals surface area contributed by atoms with Gasteiger partial charge >= 0.3 is 6.09 Å². The van der Waals surface area contributed by atoms with E-state index in [1.807, 2.05) is 65.6 Å². The Balaban J connectivity index is 1.95. The normalized spacial score (nSPS) is 10.4. The van der Waals surface area contributed by atoms with Gasteiger partial charge < -0.3 is 10.0 Å². The maximum atomic E-state index is 14.3. The summed E-state index contributed by atoms with van der Waals surface area (Å²) in [6, 6.07) is 21.4. The van der Waals surface area contributed by atoms with Gasteiger partial charge in [0.15, 0.2) is 11.6 Å². The molecular weight excluding hydrogens is 350 g/mol. The van der Waals surface area contributed by atoms with Gasteiger partial charge in [0.2, 0.25) is 0 Å². The summed E-state index contributed by atoms with van der Waals surface area (Å²) in [6.07, 6.45) is -1.52. The first-order valence-electron chi connectivity index (χ1n) is 8.34. The van der Waals surface area contributed by atoms with Crippen LogP contribution in [0.25, 0.3) is 0 Å². The first-order valence-corrected chi connectivity index (χ1v) is 8.34. The molecule has 0 unspecified atom stereocenters. The van der Waals surface area contributed by atoms with E-state index in [0.717, 1.165) is 23.3 Å². The van der Waals surface area contributed by atoms with Gasteiger partial charge in [-0.2, -0.15) is 0 Å². The minimum Gasteiger partial charge on any atom is -0.465 e. The zero-order chi connectivity index (χ0) is 19.2. The van der Waals surface area contributed by atoms with Crippen molar-refractivity contribution < 1.29 is 18.7 Å². The lowest BCUT2D eigenvalue weighted by Crippen LogP contribution is -2.23. The number of hydrogen-bond donors (Lipinski definition) is 2. The van der Waals surface area contributed by atoms with Gasteiger partial charge in [-0.05, 0) is 23.3 Å². The number of nitrogens with one attached hydrogen (secondary N) is 1. The maximum absolute atomic E-state index is 14.3. The molecule has 0 bridgehead atoms. The summed E-state index contributed by atoms with van der Waals surface area (Å²) in [5.41, 5.74) is 1.63. The standard InChI is InChI=1S/C21H18F2N2O2/c22-18-11-17(12-19(23)20(18)24-21(26)27)25(13-15-7-3-1-4-8-15)14-16-9-5-2-6-10-16/h1-12,24H,13-14H2,(H,26,27). The smallest absolute Gasteiger partial charge is 0.409 e. The number of nitrogens with zero attached hydrogens (tertiary/aromatic N) is 1. The van der Waals surface area contributed by atoms with Gasteiger partial charge in [0.05, 0.1) is 0 Å². The molecule has 3 aromatic rings. The fourth-order valence-electron chi connectivity index (χ4n) is 2.81. The van der Waals surface area contributed by atoms with Crippen molar-refractivity contribution in [3.05, 3.63) is 95.6 Å². The highest BCUT2D eigenvalue weighted by molar-refractivity contribution is 5.83. The average molecular weight is 368 g/mol. The number of carboxylic acid groups (broad SMARTS) is 1. The molecule has 27 heavy (non-hydrogen) atoms. The quantitative estimate of drug-likeness (QED) is 0.624. The van der Waals surface area contributed by atoms with Gasteiger partial charge in [0.25, 0.3) is 0 Å². The van der Waals surface area contributed by atoms with E-state index in [2.05, 4.69) is 0 Å². The van der Waals surface area contributed by atoms with E-state index in [-0.39, 0.29) is 0 Å². The third-order valence-corrected chi connectivity index (χ3v) is 4.06. The Morgan fingerprint density at radius 2 is 1.30 bits per heavy atom. The first-order chi connectivity index (χ1) is 13.0. The van der Waals surface area contributed by atoms with Crippen LogP contribution in [0.1, 0.15) is 11.1 Å². The molecule has 138 valence electrons. The molecule has 0 aliphatic carbocycles. The van der Waals surface area contributed by atoms with Crippen LogP contribution < -0.4 is 10.2 Å². The van der Waals surface area contributed by atoms with Crippen LogP contribution in [0.4, 0.5) is 25.0 Å². The molecule has 0 heterocycles. The SMILES string of the molecule is O=C(O)Nc1c(F)cc(N(Cc2ccccc2)Cc2ccccc2)cc1F. The van der Waals surface area contributed by atoms with E-state index in [1.165, 1.54) is 0 Å². The summed E-state index contributed by atoms with van der Waals surface area (Å²) >= 11 is 0. The highest BCUT2D eigenvalue weighted by Crippen LogP contribution is 2.28. The van der Waals surface area contributed by atoms with Gasteiger partial charge in [-0.15, -0.1) is 0 Å². The van der Waals surface area contributed by atoms with E-state index in [9.17, 15) is 13.6 Å². The lowest BCUT2D eigenvalue weighted by molar-refractivity contribution is 0.209. The van der Waals surface area contributed by atoms with Gasteiger partial charge in [0.1, 0.15) is 5.69 Å². The Bertz CT molecular complexity index is 853. The van der Waals surface area contributed by atoms with E-state index in [0.29, 0.717) is 18.8 Å². The van der Waals surface area contributed by atoms with Crippen LogP contribution in [0.5, 0.6) is 0 Å². The minimum absolute atomic E-state index is 0.327. The van der Waals surface area contributed by atoms with Crippen molar-refractivity contribution in [2.45, 2.75) is 13.1 Å². The second-order valence-electron chi connectivity index (χ2n) is 6.04. The number of anilines is 2. The summed E-state index contributed by atoms with van der Waals surface area (Å²) in [7, 11) is 0. The Morgan fingerprint density at radius 1 is 0.852 bits per heavy atom. The van der Waals surface area contributed by atoms with Crippen molar-refractivity contribution >= 4 is 17.5 Å². The number of halogens is 2. The number of hydrogen-bond acceptors (Lipinski definition) is 2. The summed E-state index contributed by atoms with van der Waals surface area (Å²) in [5.74, 6) is -1.92. The maximum Gasteiger partial charge on any atom is 0.409 e. The van der Waals surface area contributed by atoms with Crippen molar-refractivity contribution in [2.75, 3.05) is 10.2 Å². The molecular formula is C21H18F2N2O2. The molecule has 0 aliphatic heterocycles. The topological polar surface area (TPSA) is 52.6 Å². The van der Waals surface area contributed by atoms with Crippen molar-refractivity contribution in [3.8, 4) is 0 Å². The molecule has 0 saturated heterocycles. The van der Waals surface area contributed by atoms with Crippen LogP contribution in [-0.4, -0.2) is 11.2 Å².